The van der Waals surface area contributed by atoms with E-state index in [2.05, 4.69) is 24.8 Å². The molecule has 0 radical (unpaired) electrons. The fourth-order valence-electron chi connectivity index (χ4n) is 4.43. The third-order valence-corrected chi connectivity index (χ3v) is 6.46. The van der Waals surface area contributed by atoms with Crippen LogP contribution in [-0.2, 0) is 0 Å². The van der Waals surface area contributed by atoms with Crippen LogP contribution >= 0.6 is 0 Å². The predicted molar refractivity (Wildman–Crippen MR) is 136 cm³/mol. The number of likely N-dealkylation sites (N-methyl/N-ethyl adjacent to an activating group) is 1. The van der Waals surface area contributed by atoms with Crippen molar-refractivity contribution in [2.75, 3.05) is 53.4 Å². The number of carbonyl (C=O) groups excluding carboxylic acids is 1. The Hall–Kier alpha value is -3.69. The smallest absolute Gasteiger partial charge is 0.254 e. The Morgan fingerprint density at radius 3 is 2.53 bits per heavy atom. The molecule has 5 rings (SSSR count). The van der Waals surface area contributed by atoms with E-state index in [-0.39, 0.29) is 11.7 Å². The highest BCUT2D eigenvalue weighted by atomic mass is 19.1. The van der Waals surface area contributed by atoms with Crippen LogP contribution in [-0.4, -0.2) is 88.9 Å². The summed E-state index contributed by atoms with van der Waals surface area (Å²) < 4.78 is 28.2. The Balaban J connectivity index is 1.36. The predicted octanol–water partition coefficient (Wildman–Crippen LogP) is 3.89. The van der Waals surface area contributed by atoms with Gasteiger partial charge in [0.25, 0.3) is 5.91 Å². The van der Waals surface area contributed by atoms with E-state index in [4.69, 9.17) is 0 Å². The maximum absolute atomic E-state index is 14.6. The second-order valence-corrected chi connectivity index (χ2v) is 9.37. The van der Waals surface area contributed by atoms with Crippen molar-refractivity contribution in [1.29, 1.82) is 0 Å². The van der Waals surface area contributed by atoms with Crippen molar-refractivity contribution in [3.8, 4) is 22.6 Å². The van der Waals surface area contributed by atoms with Gasteiger partial charge in [0, 0.05) is 61.3 Å². The Kier molecular flexibility index (Phi) is 6.75. The molecule has 9 heteroatoms. The first-order valence-electron chi connectivity index (χ1n) is 11.9. The number of piperazine rings is 1. The summed E-state index contributed by atoms with van der Waals surface area (Å²) in [6.07, 6.45) is 3.13. The number of H-pyrrole nitrogens is 1. The summed E-state index contributed by atoms with van der Waals surface area (Å²) in [4.78, 5) is 31.5. The molecule has 1 fully saturated rings. The molecule has 3 heterocycles. The van der Waals surface area contributed by atoms with Crippen molar-refractivity contribution in [2.45, 2.75) is 0 Å². The summed E-state index contributed by atoms with van der Waals surface area (Å²) in [6.45, 7) is 4.73. The maximum Gasteiger partial charge on any atom is 0.254 e. The molecule has 186 valence electrons. The van der Waals surface area contributed by atoms with Gasteiger partial charge in [-0.25, -0.2) is 13.8 Å². The highest BCUT2D eigenvalue weighted by molar-refractivity contribution is 5.95. The van der Waals surface area contributed by atoms with Gasteiger partial charge in [-0.1, -0.05) is 0 Å². The SMILES string of the molecule is CN(C)CCN1CCN(C(=O)c2cc(F)cc(-c3cncc(-c4cc5ccc(F)cc5[nH]4)n3)c2)CC1. The topological polar surface area (TPSA) is 68.4 Å². The zero-order valence-corrected chi connectivity index (χ0v) is 20.3. The lowest BCUT2D eigenvalue weighted by molar-refractivity contribution is 0.0629. The zero-order chi connectivity index (χ0) is 25.2. The molecular formula is C27H28F2N6O. The highest BCUT2D eigenvalue weighted by Crippen LogP contribution is 2.26. The van der Waals surface area contributed by atoms with Crippen molar-refractivity contribution >= 4 is 16.8 Å². The fourth-order valence-corrected chi connectivity index (χ4v) is 4.43. The van der Waals surface area contributed by atoms with Gasteiger partial charge in [0.15, 0.2) is 0 Å². The Morgan fingerprint density at radius 1 is 0.972 bits per heavy atom. The fraction of sp³-hybridized carbons (Fsp3) is 0.296. The van der Waals surface area contributed by atoms with Gasteiger partial charge in [-0.2, -0.15) is 0 Å². The summed E-state index contributed by atoms with van der Waals surface area (Å²) in [7, 11) is 4.09. The number of hydrogen-bond acceptors (Lipinski definition) is 5. The van der Waals surface area contributed by atoms with Crippen molar-refractivity contribution in [1.82, 2.24) is 29.7 Å². The molecule has 2 aromatic heterocycles. The van der Waals surface area contributed by atoms with Gasteiger partial charge in [0.05, 0.1) is 23.8 Å². The van der Waals surface area contributed by atoms with E-state index in [1.807, 2.05) is 20.2 Å². The number of benzene rings is 2. The van der Waals surface area contributed by atoms with Crippen molar-refractivity contribution in [3.63, 3.8) is 0 Å². The lowest BCUT2D eigenvalue weighted by Gasteiger charge is -2.35. The molecule has 0 unspecified atom stereocenters. The minimum absolute atomic E-state index is 0.190. The minimum Gasteiger partial charge on any atom is -0.353 e. The number of aromatic nitrogens is 3. The van der Waals surface area contributed by atoms with E-state index >= 15 is 0 Å². The normalized spacial score (nSPS) is 14.6. The Labute approximate surface area is 208 Å². The van der Waals surface area contributed by atoms with E-state index in [0.29, 0.717) is 46.8 Å². The largest absolute Gasteiger partial charge is 0.353 e. The molecule has 1 aliphatic heterocycles. The van der Waals surface area contributed by atoms with E-state index in [1.54, 1.807) is 29.4 Å². The molecule has 0 aliphatic carbocycles. The van der Waals surface area contributed by atoms with Gasteiger partial charge in [0.1, 0.15) is 17.3 Å². The molecule has 0 spiro atoms. The summed E-state index contributed by atoms with van der Waals surface area (Å²) in [5, 5.41) is 0.846. The molecule has 0 atom stereocenters. The van der Waals surface area contributed by atoms with E-state index < -0.39 is 5.82 Å². The minimum atomic E-state index is -0.506. The number of rotatable bonds is 6. The summed E-state index contributed by atoms with van der Waals surface area (Å²) >= 11 is 0. The Bertz CT molecular complexity index is 1390. The van der Waals surface area contributed by atoms with E-state index in [0.717, 1.165) is 31.6 Å². The molecule has 1 N–H and O–H groups in total. The molecule has 1 amide bonds. The number of fused-ring (bicyclic) bond motifs is 1. The Morgan fingerprint density at radius 2 is 1.75 bits per heavy atom. The van der Waals surface area contributed by atoms with Gasteiger partial charge in [-0.3, -0.25) is 14.7 Å². The average molecular weight is 491 g/mol. The molecule has 0 bridgehead atoms. The monoisotopic (exact) mass is 490 g/mol. The number of nitrogens with one attached hydrogen (secondary N) is 1. The van der Waals surface area contributed by atoms with Crippen molar-refractivity contribution < 1.29 is 13.6 Å². The third kappa shape index (κ3) is 5.27. The second kappa shape index (κ2) is 10.1. The second-order valence-electron chi connectivity index (χ2n) is 9.37. The number of aromatic amines is 1. The molecular weight excluding hydrogens is 462 g/mol. The maximum atomic E-state index is 14.6. The molecule has 36 heavy (non-hydrogen) atoms. The van der Waals surface area contributed by atoms with Crippen molar-refractivity contribution in [3.05, 3.63) is 72.1 Å². The molecule has 2 aromatic carbocycles. The van der Waals surface area contributed by atoms with Crippen LogP contribution in [0.15, 0.2) is 54.9 Å². The summed E-state index contributed by atoms with van der Waals surface area (Å²) in [5.74, 6) is -1.03. The number of amides is 1. The number of carbonyl (C=O) groups is 1. The van der Waals surface area contributed by atoms with Gasteiger partial charge in [-0.15, -0.1) is 0 Å². The summed E-state index contributed by atoms with van der Waals surface area (Å²) in [6, 6.07) is 10.7. The van der Waals surface area contributed by atoms with Crippen LogP contribution in [0.4, 0.5) is 8.78 Å². The molecule has 7 nitrogen and oxygen atoms in total. The van der Waals surface area contributed by atoms with Crippen LogP contribution in [0, 0.1) is 11.6 Å². The number of hydrogen-bond donors (Lipinski definition) is 1. The first-order chi connectivity index (χ1) is 17.4. The average Bonchev–Trinajstić information content (AvgIpc) is 3.30. The van der Waals surface area contributed by atoms with Gasteiger partial charge >= 0.3 is 0 Å². The van der Waals surface area contributed by atoms with Crippen LogP contribution in [0.2, 0.25) is 0 Å². The first kappa shape index (κ1) is 24.0. The summed E-state index contributed by atoms with van der Waals surface area (Å²) in [5.41, 5.74) is 3.07. The lowest BCUT2D eigenvalue weighted by Crippen LogP contribution is -2.50. The molecule has 1 aliphatic rings. The number of nitrogens with zero attached hydrogens (tertiary/aromatic N) is 5. The van der Waals surface area contributed by atoms with Crippen LogP contribution in [0.5, 0.6) is 0 Å². The van der Waals surface area contributed by atoms with Crippen molar-refractivity contribution in [2.24, 2.45) is 0 Å². The highest BCUT2D eigenvalue weighted by Gasteiger charge is 2.23. The van der Waals surface area contributed by atoms with Crippen LogP contribution < -0.4 is 0 Å². The standard InChI is InChI=1S/C27H28F2N6O/c1-33(2)5-6-34-7-9-35(10-8-34)27(36)20-11-19(12-22(29)13-20)25-16-30-17-26(32-25)24-14-18-3-4-21(28)15-23(18)31-24/h3-4,11-17,31H,5-10H2,1-2H3. The third-order valence-electron chi connectivity index (χ3n) is 6.46. The number of halogens is 2. The van der Waals surface area contributed by atoms with E-state index in [9.17, 15) is 13.6 Å². The molecule has 1 saturated heterocycles. The zero-order valence-electron chi connectivity index (χ0n) is 20.3. The van der Waals surface area contributed by atoms with E-state index in [1.165, 1.54) is 24.3 Å². The molecule has 0 saturated carbocycles. The molecule has 4 aromatic rings. The van der Waals surface area contributed by atoms with Gasteiger partial charge in [0.2, 0.25) is 0 Å². The van der Waals surface area contributed by atoms with Crippen LogP contribution in [0.1, 0.15) is 10.4 Å². The quantitative estimate of drug-likeness (QED) is 0.444. The van der Waals surface area contributed by atoms with Crippen LogP contribution in [0.25, 0.3) is 33.5 Å². The van der Waals surface area contributed by atoms with Gasteiger partial charge in [-0.05, 0) is 56.6 Å². The van der Waals surface area contributed by atoms with Crippen LogP contribution in [0.3, 0.4) is 0 Å². The lowest BCUT2D eigenvalue weighted by atomic mass is 10.1. The van der Waals surface area contributed by atoms with Gasteiger partial charge < -0.3 is 14.8 Å². The first-order valence-corrected chi connectivity index (χ1v) is 11.9.